The van der Waals surface area contributed by atoms with Crippen LogP contribution in [-0.4, -0.2) is 30.3 Å². The van der Waals surface area contributed by atoms with Gasteiger partial charge >= 0.3 is 11.9 Å². The van der Waals surface area contributed by atoms with Crippen molar-refractivity contribution >= 4 is 11.9 Å². The molecule has 0 aromatic heterocycles. The number of carbonyl (C=O) groups is 2. The number of hydrogen-bond acceptors (Lipinski definition) is 7. The SMILES string of the molecule is CCOC(=O)c1c(C)cc(OCc2ccccc2)cc1COc1cccc(OCc2cccc(C)c2OCC(=O)O)c1. The van der Waals surface area contributed by atoms with Gasteiger partial charge in [0.05, 0.1) is 12.2 Å². The van der Waals surface area contributed by atoms with Crippen molar-refractivity contribution in [3.05, 3.63) is 118 Å². The summed E-state index contributed by atoms with van der Waals surface area (Å²) in [5.41, 5.74) is 4.40. The largest absolute Gasteiger partial charge is 0.489 e. The van der Waals surface area contributed by atoms with Gasteiger partial charge in [0.2, 0.25) is 0 Å². The van der Waals surface area contributed by atoms with E-state index >= 15 is 0 Å². The summed E-state index contributed by atoms with van der Waals surface area (Å²) in [5, 5.41) is 9.00. The van der Waals surface area contributed by atoms with Crippen molar-refractivity contribution in [2.24, 2.45) is 0 Å². The molecule has 4 aromatic rings. The van der Waals surface area contributed by atoms with Crippen LogP contribution in [0.2, 0.25) is 0 Å². The maximum atomic E-state index is 12.8. The maximum absolute atomic E-state index is 12.8. The molecule has 218 valence electrons. The summed E-state index contributed by atoms with van der Waals surface area (Å²) in [5.74, 6) is 0.744. The van der Waals surface area contributed by atoms with Crippen LogP contribution in [0.25, 0.3) is 0 Å². The lowest BCUT2D eigenvalue weighted by atomic mass is 10.0. The molecule has 8 heteroatoms. The maximum Gasteiger partial charge on any atom is 0.341 e. The van der Waals surface area contributed by atoms with Crippen LogP contribution in [0, 0.1) is 13.8 Å². The zero-order valence-corrected chi connectivity index (χ0v) is 23.9. The Kier molecular flexibility index (Phi) is 10.4. The smallest absolute Gasteiger partial charge is 0.341 e. The van der Waals surface area contributed by atoms with E-state index in [1.54, 1.807) is 37.3 Å². The van der Waals surface area contributed by atoms with Crippen molar-refractivity contribution in [1.82, 2.24) is 0 Å². The second kappa shape index (κ2) is 14.6. The van der Waals surface area contributed by atoms with Crippen LogP contribution in [0.3, 0.4) is 0 Å². The van der Waals surface area contributed by atoms with Crippen LogP contribution in [0.15, 0.2) is 84.9 Å². The van der Waals surface area contributed by atoms with Crippen molar-refractivity contribution in [3.63, 3.8) is 0 Å². The summed E-state index contributed by atoms with van der Waals surface area (Å²) >= 11 is 0. The van der Waals surface area contributed by atoms with Crippen molar-refractivity contribution in [2.45, 2.75) is 40.6 Å². The van der Waals surface area contributed by atoms with E-state index in [1.807, 2.05) is 68.4 Å². The molecule has 1 N–H and O–H groups in total. The van der Waals surface area contributed by atoms with E-state index in [4.69, 9.17) is 28.8 Å². The van der Waals surface area contributed by atoms with Crippen LogP contribution >= 0.6 is 0 Å². The van der Waals surface area contributed by atoms with Gasteiger partial charge in [-0.05, 0) is 61.7 Å². The van der Waals surface area contributed by atoms with Crippen molar-refractivity contribution in [1.29, 1.82) is 0 Å². The quantitative estimate of drug-likeness (QED) is 0.168. The minimum atomic E-state index is -1.05. The summed E-state index contributed by atoms with van der Waals surface area (Å²) in [4.78, 5) is 23.8. The van der Waals surface area contributed by atoms with Gasteiger partial charge in [-0.25, -0.2) is 9.59 Å². The molecule has 0 aliphatic rings. The molecular weight excluding hydrogens is 536 g/mol. The molecule has 8 nitrogen and oxygen atoms in total. The van der Waals surface area contributed by atoms with Crippen molar-refractivity contribution in [3.8, 4) is 23.0 Å². The molecule has 0 radical (unpaired) electrons. The minimum absolute atomic E-state index is 0.103. The molecule has 4 aromatic carbocycles. The topological polar surface area (TPSA) is 101 Å². The highest BCUT2D eigenvalue weighted by molar-refractivity contribution is 5.93. The van der Waals surface area contributed by atoms with Crippen LogP contribution in [0.5, 0.6) is 23.0 Å². The number of rotatable bonds is 14. The van der Waals surface area contributed by atoms with Crippen LogP contribution in [0.1, 0.15) is 45.1 Å². The molecule has 0 saturated heterocycles. The van der Waals surface area contributed by atoms with Gasteiger partial charge in [-0.1, -0.05) is 54.6 Å². The molecule has 0 saturated carbocycles. The molecule has 0 aliphatic heterocycles. The lowest BCUT2D eigenvalue weighted by Crippen LogP contribution is -2.13. The first-order valence-electron chi connectivity index (χ1n) is 13.6. The Bertz CT molecular complexity index is 1510. The number of esters is 1. The summed E-state index contributed by atoms with van der Waals surface area (Å²) in [6, 6.07) is 26.2. The number of carboxylic acid groups (broad SMARTS) is 1. The lowest BCUT2D eigenvalue weighted by Gasteiger charge is -2.16. The molecule has 0 fully saturated rings. The van der Waals surface area contributed by atoms with Gasteiger partial charge in [0.1, 0.15) is 42.8 Å². The monoisotopic (exact) mass is 570 g/mol. The van der Waals surface area contributed by atoms with Gasteiger partial charge in [-0.15, -0.1) is 0 Å². The number of para-hydroxylation sites is 1. The van der Waals surface area contributed by atoms with Gasteiger partial charge in [0.25, 0.3) is 0 Å². The second-order valence-electron chi connectivity index (χ2n) is 9.57. The van der Waals surface area contributed by atoms with Crippen LogP contribution in [0.4, 0.5) is 0 Å². The second-order valence-corrected chi connectivity index (χ2v) is 9.57. The highest BCUT2D eigenvalue weighted by atomic mass is 16.5. The Hall–Kier alpha value is -4.98. The number of hydrogen-bond donors (Lipinski definition) is 1. The van der Waals surface area contributed by atoms with E-state index in [1.165, 1.54) is 0 Å². The molecule has 0 heterocycles. The molecule has 42 heavy (non-hydrogen) atoms. The molecule has 0 bridgehead atoms. The van der Waals surface area contributed by atoms with Crippen LogP contribution < -0.4 is 18.9 Å². The Morgan fingerprint density at radius 1 is 0.667 bits per heavy atom. The summed E-state index contributed by atoms with van der Waals surface area (Å²) in [7, 11) is 0. The number of carbonyl (C=O) groups excluding carboxylic acids is 1. The molecule has 4 rings (SSSR count). The molecule has 0 atom stereocenters. The third-order valence-corrected chi connectivity index (χ3v) is 6.35. The van der Waals surface area contributed by atoms with Gasteiger partial charge < -0.3 is 28.8 Å². The normalized spacial score (nSPS) is 10.5. The van der Waals surface area contributed by atoms with Gasteiger partial charge in [-0.3, -0.25) is 0 Å². The number of carboxylic acids is 1. The molecular formula is C34H34O8. The number of benzene rings is 4. The zero-order chi connectivity index (χ0) is 29.9. The zero-order valence-electron chi connectivity index (χ0n) is 23.9. The van der Waals surface area contributed by atoms with E-state index in [0.717, 1.165) is 22.3 Å². The number of aliphatic carboxylic acids is 1. The van der Waals surface area contributed by atoms with Gasteiger partial charge in [0.15, 0.2) is 6.61 Å². The fraction of sp³-hybridized carbons (Fsp3) is 0.235. The van der Waals surface area contributed by atoms with E-state index in [-0.39, 0.29) is 19.8 Å². The Morgan fingerprint density at radius 3 is 2.02 bits per heavy atom. The van der Waals surface area contributed by atoms with E-state index in [9.17, 15) is 9.59 Å². The Balaban J connectivity index is 1.48. The van der Waals surface area contributed by atoms with E-state index < -0.39 is 18.5 Å². The minimum Gasteiger partial charge on any atom is -0.489 e. The third kappa shape index (κ3) is 8.27. The molecule has 0 unspecified atom stereocenters. The summed E-state index contributed by atoms with van der Waals surface area (Å²) < 4.78 is 28.9. The number of aryl methyl sites for hydroxylation is 2. The Morgan fingerprint density at radius 2 is 1.33 bits per heavy atom. The van der Waals surface area contributed by atoms with Gasteiger partial charge in [-0.2, -0.15) is 0 Å². The predicted octanol–water partition coefficient (Wildman–Crippen LogP) is 6.68. The number of ether oxygens (including phenoxy) is 5. The first-order chi connectivity index (χ1) is 20.3. The first kappa shape index (κ1) is 30.0. The highest BCUT2D eigenvalue weighted by Crippen LogP contribution is 2.29. The summed E-state index contributed by atoms with van der Waals surface area (Å²) in [6.07, 6.45) is 0. The Labute approximate surface area is 245 Å². The average Bonchev–Trinajstić information content (AvgIpc) is 2.98. The van der Waals surface area contributed by atoms with Crippen molar-refractivity contribution in [2.75, 3.05) is 13.2 Å². The lowest BCUT2D eigenvalue weighted by molar-refractivity contribution is -0.139. The fourth-order valence-corrected chi connectivity index (χ4v) is 4.40. The summed E-state index contributed by atoms with van der Waals surface area (Å²) in [6.45, 7) is 5.95. The predicted molar refractivity (Wildman–Crippen MR) is 157 cm³/mol. The van der Waals surface area contributed by atoms with E-state index in [2.05, 4.69) is 0 Å². The molecule has 0 aliphatic carbocycles. The van der Waals surface area contributed by atoms with Crippen LogP contribution in [-0.2, 0) is 29.4 Å². The highest BCUT2D eigenvalue weighted by Gasteiger charge is 2.18. The van der Waals surface area contributed by atoms with Crippen molar-refractivity contribution < 1.29 is 38.4 Å². The first-order valence-corrected chi connectivity index (χ1v) is 13.6. The fourth-order valence-electron chi connectivity index (χ4n) is 4.40. The molecule has 0 amide bonds. The molecule has 0 spiro atoms. The average molecular weight is 571 g/mol. The van der Waals surface area contributed by atoms with E-state index in [0.29, 0.717) is 40.7 Å². The third-order valence-electron chi connectivity index (χ3n) is 6.35. The van der Waals surface area contributed by atoms with Gasteiger partial charge in [0, 0.05) is 17.2 Å². The standard InChI is InChI=1S/C34H34O8/c1-4-38-34(37)32-24(3)16-30(39-19-25-11-6-5-7-12-25)17-27(32)21-41-29-15-9-14-28(18-29)40-20-26-13-8-10-23(2)33(26)42-22-31(35)36/h5-18H,4,19-22H2,1-3H3,(H,35,36).